The lowest BCUT2D eigenvalue weighted by atomic mass is 10.3. The molecule has 5 nitrogen and oxygen atoms in total. The van der Waals surface area contributed by atoms with Crippen LogP contribution in [0.25, 0.3) is 11.0 Å². The van der Waals surface area contributed by atoms with Gasteiger partial charge < -0.3 is 9.09 Å². The van der Waals surface area contributed by atoms with Crippen molar-refractivity contribution >= 4 is 34.2 Å². The van der Waals surface area contributed by atoms with E-state index in [9.17, 15) is 0 Å². The van der Waals surface area contributed by atoms with Crippen LogP contribution in [0.15, 0.2) is 29.0 Å². The summed E-state index contributed by atoms with van der Waals surface area (Å²) in [7, 11) is 0. The van der Waals surface area contributed by atoms with Crippen LogP contribution in [0.2, 0.25) is 5.02 Å². The van der Waals surface area contributed by atoms with Crippen molar-refractivity contribution in [3.05, 3.63) is 41.3 Å². The maximum Gasteiger partial charge on any atom is 0.228 e. The van der Waals surface area contributed by atoms with Gasteiger partial charge in [0.2, 0.25) is 5.89 Å². The Balaban J connectivity index is 1.96. The molecule has 0 N–H and O–H groups in total. The molecule has 3 aromatic rings. The molecule has 0 aliphatic carbocycles. The predicted octanol–water partition coefficient (Wildman–Crippen LogP) is 3.10. The van der Waals surface area contributed by atoms with E-state index in [0.717, 1.165) is 16.9 Å². The van der Waals surface area contributed by atoms with Crippen LogP contribution in [0.3, 0.4) is 0 Å². The fourth-order valence-electron chi connectivity index (χ4n) is 2.18. The number of benzene rings is 1. The molecule has 1 aromatic carbocycles. The summed E-state index contributed by atoms with van der Waals surface area (Å²) in [6.45, 7) is 0.700. The second-order valence-corrected chi connectivity index (χ2v) is 5.15. The first-order valence-electron chi connectivity index (χ1n) is 6.24. The fraction of sp³-hybridized carbons (Fsp3) is 0.308. The van der Waals surface area contributed by atoms with E-state index in [0.29, 0.717) is 36.2 Å². The molecule has 0 radical (unpaired) electrons. The van der Waals surface area contributed by atoms with E-state index < -0.39 is 0 Å². The van der Waals surface area contributed by atoms with Gasteiger partial charge in [0.25, 0.3) is 0 Å². The molecular formula is C13H12Cl2N4O. The Hall–Kier alpha value is -1.59. The van der Waals surface area contributed by atoms with Crippen molar-refractivity contribution in [3.8, 4) is 0 Å². The summed E-state index contributed by atoms with van der Waals surface area (Å²) in [5, 5.41) is 4.29. The molecule has 0 bridgehead atoms. The highest BCUT2D eigenvalue weighted by Gasteiger charge is 2.12. The van der Waals surface area contributed by atoms with E-state index in [4.69, 9.17) is 27.7 Å². The highest BCUT2D eigenvalue weighted by molar-refractivity contribution is 6.31. The quantitative estimate of drug-likeness (QED) is 0.679. The topological polar surface area (TPSA) is 56.7 Å². The summed E-state index contributed by atoms with van der Waals surface area (Å²) in [6.07, 6.45) is 2.75. The Morgan fingerprint density at radius 2 is 2.15 bits per heavy atom. The Kier molecular flexibility index (Phi) is 3.89. The van der Waals surface area contributed by atoms with Crippen LogP contribution in [0.1, 0.15) is 11.7 Å². The van der Waals surface area contributed by atoms with Gasteiger partial charge in [-0.25, -0.2) is 4.98 Å². The lowest BCUT2D eigenvalue weighted by Crippen LogP contribution is -2.07. The zero-order chi connectivity index (χ0) is 13.9. The van der Waals surface area contributed by atoms with Crippen LogP contribution in [-0.2, 0) is 19.4 Å². The van der Waals surface area contributed by atoms with Crippen molar-refractivity contribution in [1.82, 2.24) is 19.7 Å². The summed E-state index contributed by atoms with van der Waals surface area (Å²) < 4.78 is 7.13. The van der Waals surface area contributed by atoms with E-state index >= 15 is 0 Å². The molecule has 2 aromatic heterocycles. The zero-order valence-electron chi connectivity index (χ0n) is 10.6. The van der Waals surface area contributed by atoms with Gasteiger partial charge in [0.15, 0.2) is 6.33 Å². The van der Waals surface area contributed by atoms with Gasteiger partial charge in [-0.15, -0.1) is 11.6 Å². The maximum atomic E-state index is 6.07. The number of aromatic nitrogens is 4. The highest BCUT2D eigenvalue weighted by Crippen LogP contribution is 2.21. The van der Waals surface area contributed by atoms with Gasteiger partial charge >= 0.3 is 0 Å². The first kappa shape index (κ1) is 13.4. The van der Waals surface area contributed by atoms with Crippen molar-refractivity contribution in [2.45, 2.75) is 19.4 Å². The number of aryl methyl sites for hydroxylation is 3. The van der Waals surface area contributed by atoms with E-state index in [1.807, 2.05) is 18.2 Å². The number of alkyl halides is 1. The second kappa shape index (κ2) is 5.81. The van der Waals surface area contributed by atoms with E-state index in [2.05, 4.69) is 19.7 Å². The van der Waals surface area contributed by atoms with Crippen LogP contribution in [0.5, 0.6) is 0 Å². The monoisotopic (exact) mass is 310 g/mol. The van der Waals surface area contributed by atoms with Crippen LogP contribution in [-0.4, -0.2) is 25.6 Å². The average Bonchev–Trinajstić information content (AvgIpc) is 3.04. The maximum absolute atomic E-state index is 6.07. The summed E-state index contributed by atoms with van der Waals surface area (Å²) in [6, 6.07) is 5.66. The van der Waals surface area contributed by atoms with E-state index in [1.165, 1.54) is 6.33 Å². The van der Waals surface area contributed by atoms with Crippen molar-refractivity contribution in [3.63, 3.8) is 0 Å². The van der Waals surface area contributed by atoms with Crippen molar-refractivity contribution in [1.29, 1.82) is 0 Å². The normalized spacial score (nSPS) is 11.3. The highest BCUT2D eigenvalue weighted by atomic mass is 35.5. The van der Waals surface area contributed by atoms with Crippen molar-refractivity contribution in [2.75, 3.05) is 5.88 Å². The molecule has 0 atom stereocenters. The molecule has 0 amide bonds. The molecule has 0 aliphatic rings. The Morgan fingerprint density at radius 1 is 1.25 bits per heavy atom. The smallest absolute Gasteiger partial charge is 0.228 e. The average molecular weight is 311 g/mol. The van der Waals surface area contributed by atoms with Crippen LogP contribution >= 0.6 is 23.2 Å². The first-order valence-corrected chi connectivity index (χ1v) is 7.15. The third-order valence-electron chi connectivity index (χ3n) is 3.06. The molecule has 20 heavy (non-hydrogen) atoms. The lowest BCUT2D eigenvalue weighted by Gasteiger charge is -2.06. The Morgan fingerprint density at radius 3 is 2.90 bits per heavy atom. The first-order chi connectivity index (χ1) is 9.78. The number of nitrogens with zero attached hydrogens (tertiary/aromatic N) is 4. The standard InChI is InChI=1S/C13H12Cl2N4O/c14-5-3-12-18-10-2-1-9(15)7-11(10)19(12)6-4-13-16-8-17-20-13/h1-2,7-8H,3-6H2. The van der Waals surface area contributed by atoms with Gasteiger partial charge in [-0.1, -0.05) is 16.8 Å². The second-order valence-electron chi connectivity index (χ2n) is 4.34. The number of halogens is 2. The summed E-state index contributed by atoms with van der Waals surface area (Å²) >= 11 is 11.9. The third kappa shape index (κ3) is 2.64. The van der Waals surface area contributed by atoms with Crippen molar-refractivity contribution in [2.24, 2.45) is 0 Å². The largest absolute Gasteiger partial charge is 0.340 e. The van der Waals surface area contributed by atoms with Gasteiger partial charge in [-0.3, -0.25) is 0 Å². The third-order valence-corrected chi connectivity index (χ3v) is 3.49. The van der Waals surface area contributed by atoms with E-state index in [-0.39, 0.29) is 0 Å². The molecular weight excluding hydrogens is 299 g/mol. The predicted molar refractivity (Wildman–Crippen MR) is 77.2 cm³/mol. The molecule has 2 heterocycles. The van der Waals surface area contributed by atoms with Crippen LogP contribution in [0, 0.1) is 0 Å². The van der Waals surface area contributed by atoms with Crippen LogP contribution in [0.4, 0.5) is 0 Å². The number of rotatable bonds is 5. The SMILES string of the molecule is ClCCc1nc2ccc(Cl)cc2n1CCc1ncno1. The van der Waals surface area contributed by atoms with Crippen molar-refractivity contribution < 1.29 is 4.52 Å². The Bertz CT molecular complexity index is 709. The number of hydrogen-bond donors (Lipinski definition) is 0. The lowest BCUT2D eigenvalue weighted by molar-refractivity contribution is 0.371. The van der Waals surface area contributed by atoms with Gasteiger partial charge in [0.1, 0.15) is 5.82 Å². The fourth-order valence-corrected chi connectivity index (χ4v) is 2.52. The molecule has 0 fully saturated rings. The minimum atomic E-state index is 0.525. The molecule has 0 aliphatic heterocycles. The summed E-state index contributed by atoms with van der Waals surface area (Å²) in [5.41, 5.74) is 1.91. The van der Waals surface area contributed by atoms with Gasteiger partial charge in [-0.05, 0) is 18.2 Å². The minimum absolute atomic E-state index is 0.525. The molecule has 7 heteroatoms. The summed E-state index contributed by atoms with van der Waals surface area (Å²) in [4.78, 5) is 8.62. The van der Waals surface area contributed by atoms with Gasteiger partial charge in [0, 0.05) is 30.3 Å². The molecule has 104 valence electrons. The Labute approximate surface area is 125 Å². The number of hydrogen-bond acceptors (Lipinski definition) is 4. The molecule has 0 saturated heterocycles. The van der Waals surface area contributed by atoms with Gasteiger partial charge in [-0.2, -0.15) is 4.98 Å². The van der Waals surface area contributed by atoms with Crippen LogP contribution < -0.4 is 0 Å². The number of imidazole rings is 1. The van der Waals surface area contributed by atoms with Gasteiger partial charge in [0.05, 0.1) is 11.0 Å². The summed E-state index contributed by atoms with van der Waals surface area (Å²) in [5.74, 6) is 2.07. The molecule has 0 unspecified atom stereocenters. The molecule has 0 spiro atoms. The van der Waals surface area contributed by atoms with E-state index in [1.54, 1.807) is 0 Å². The molecule has 0 saturated carbocycles. The molecule has 3 rings (SSSR count). The number of fused-ring (bicyclic) bond motifs is 1. The minimum Gasteiger partial charge on any atom is -0.340 e. The zero-order valence-corrected chi connectivity index (χ0v) is 12.1.